The van der Waals surface area contributed by atoms with Crippen molar-refractivity contribution < 1.29 is 4.74 Å². The molecule has 1 aromatic heterocycles. The van der Waals surface area contributed by atoms with Crippen LogP contribution in [0.3, 0.4) is 0 Å². The highest BCUT2D eigenvalue weighted by Gasteiger charge is 2.21. The summed E-state index contributed by atoms with van der Waals surface area (Å²) in [6.07, 6.45) is 0. The van der Waals surface area contributed by atoms with Gasteiger partial charge in [-0.1, -0.05) is 39.1 Å². The van der Waals surface area contributed by atoms with Crippen LogP contribution in [0.1, 0.15) is 24.1 Å². The first kappa shape index (κ1) is 16.1. The molecule has 0 aliphatic carbocycles. The summed E-state index contributed by atoms with van der Waals surface area (Å²) in [4.78, 5) is 0. The topological polar surface area (TPSA) is 21.3 Å². The van der Waals surface area contributed by atoms with E-state index in [-0.39, 0.29) is 6.04 Å². The van der Waals surface area contributed by atoms with Crippen LogP contribution in [-0.2, 0) is 0 Å². The van der Waals surface area contributed by atoms with Crippen molar-refractivity contribution in [2.45, 2.75) is 13.0 Å². The molecule has 2 nitrogen and oxygen atoms in total. The van der Waals surface area contributed by atoms with Crippen LogP contribution in [0.5, 0.6) is 5.75 Å². The Bertz CT molecular complexity index is 603. The summed E-state index contributed by atoms with van der Waals surface area (Å²) >= 11 is 17.2. The number of thiophene rings is 1. The minimum absolute atomic E-state index is 0.0645. The Balaban J connectivity index is 2.51. The zero-order valence-corrected chi connectivity index (χ0v) is 15.0. The molecule has 1 unspecified atom stereocenters. The molecule has 2 aromatic rings. The molecule has 2 rings (SSSR count). The SMILES string of the molecule is CCOc1ccc(Br)cc1C(NC)c1cc(Cl)sc1Cl. The van der Waals surface area contributed by atoms with Gasteiger partial charge in [0.2, 0.25) is 0 Å². The summed E-state index contributed by atoms with van der Waals surface area (Å²) in [7, 11) is 1.89. The number of benzene rings is 1. The van der Waals surface area contributed by atoms with Crippen molar-refractivity contribution in [2.75, 3.05) is 13.7 Å². The zero-order valence-electron chi connectivity index (χ0n) is 11.0. The van der Waals surface area contributed by atoms with Crippen molar-refractivity contribution in [1.29, 1.82) is 0 Å². The van der Waals surface area contributed by atoms with Crippen LogP contribution in [0.15, 0.2) is 28.7 Å². The molecule has 0 spiro atoms. The minimum atomic E-state index is -0.0645. The Morgan fingerprint density at radius 1 is 1.30 bits per heavy atom. The monoisotopic (exact) mass is 393 g/mol. The fourth-order valence-corrected chi connectivity index (χ4v) is 3.97. The van der Waals surface area contributed by atoms with Gasteiger partial charge in [-0.2, -0.15) is 0 Å². The number of hydrogen-bond donors (Lipinski definition) is 1. The van der Waals surface area contributed by atoms with E-state index >= 15 is 0 Å². The third kappa shape index (κ3) is 3.49. The minimum Gasteiger partial charge on any atom is -0.494 e. The molecular formula is C14H14BrCl2NOS. The fraction of sp³-hybridized carbons (Fsp3) is 0.286. The predicted molar refractivity (Wildman–Crippen MR) is 90.6 cm³/mol. The van der Waals surface area contributed by atoms with E-state index in [1.807, 2.05) is 38.2 Å². The van der Waals surface area contributed by atoms with Crippen molar-refractivity contribution in [3.05, 3.63) is 48.5 Å². The molecule has 1 heterocycles. The average molecular weight is 395 g/mol. The summed E-state index contributed by atoms with van der Waals surface area (Å²) in [6.45, 7) is 2.58. The van der Waals surface area contributed by atoms with Gasteiger partial charge in [-0.25, -0.2) is 0 Å². The van der Waals surface area contributed by atoms with E-state index in [2.05, 4.69) is 21.2 Å². The van der Waals surface area contributed by atoms with Crippen LogP contribution in [0.2, 0.25) is 8.67 Å². The Hall–Kier alpha value is -0.260. The lowest BCUT2D eigenvalue weighted by molar-refractivity contribution is 0.334. The van der Waals surface area contributed by atoms with Crippen molar-refractivity contribution >= 4 is 50.5 Å². The van der Waals surface area contributed by atoms with Crippen molar-refractivity contribution in [1.82, 2.24) is 5.32 Å². The van der Waals surface area contributed by atoms with Gasteiger partial charge in [0, 0.05) is 15.6 Å². The Labute approximate surface area is 141 Å². The van der Waals surface area contributed by atoms with Gasteiger partial charge in [0.05, 0.1) is 21.3 Å². The molecule has 0 saturated carbocycles. The number of halogens is 3. The Morgan fingerprint density at radius 2 is 2.05 bits per heavy atom. The van der Waals surface area contributed by atoms with Gasteiger partial charge < -0.3 is 10.1 Å². The molecule has 20 heavy (non-hydrogen) atoms. The molecule has 0 saturated heterocycles. The predicted octanol–water partition coefficient (Wildman–Crippen LogP) is 5.52. The third-order valence-electron chi connectivity index (χ3n) is 2.87. The van der Waals surface area contributed by atoms with Crippen LogP contribution in [0.4, 0.5) is 0 Å². The van der Waals surface area contributed by atoms with E-state index in [9.17, 15) is 0 Å². The van der Waals surface area contributed by atoms with Crippen LogP contribution < -0.4 is 10.1 Å². The molecule has 1 aromatic carbocycles. The molecule has 1 N–H and O–H groups in total. The van der Waals surface area contributed by atoms with Gasteiger partial charge in [0.1, 0.15) is 5.75 Å². The molecule has 0 bridgehead atoms. The Morgan fingerprint density at radius 3 is 2.60 bits per heavy atom. The first-order valence-electron chi connectivity index (χ1n) is 6.11. The number of ether oxygens (including phenoxy) is 1. The normalized spacial score (nSPS) is 12.4. The highest BCUT2D eigenvalue weighted by molar-refractivity contribution is 9.10. The lowest BCUT2D eigenvalue weighted by Crippen LogP contribution is -2.18. The molecule has 0 fully saturated rings. The van der Waals surface area contributed by atoms with Gasteiger partial charge in [-0.05, 0) is 38.2 Å². The second-order valence-corrected chi connectivity index (χ2v) is 7.32. The van der Waals surface area contributed by atoms with Crippen LogP contribution in [-0.4, -0.2) is 13.7 Å². The summed E-state index contributed by atoms with van der Waals surface area (Å²) in [5.41, 5.74) is 1.99. The van der Waals surface area contributed by atoms with E-state index in [4.69, 9.17) is 27.9 Å². The lowest BCUT2D eigenvalue weighted by Gasteiger charge is -2.20. The first-order chi connectivity index (χ1) is 9.56. The number of nitrogens with one attached hydrogen (secondary N) is 1. The highest BCUT2D eigenvalue weighted by atomic mass is 79.9. The zero-order chi connectivity index (χ0) is 14.7. The van der Waals surface area contributed by atoms with E-state index in [0.29, 0.717) is 15.3 Å². The van der Waals surface area contributed by atoms with Gasteiger partial charge >= 0.3 is 0 Å². The number of hydrogen-bond acceptors (Lipinski definition) is 3. The molecule has 0 aliphatic rings. The van der Waals surface area contributed by atoms with E-state index in [0.717, 1.165) is 21.3 Å². The van der Waals surface area contributed by atoms with Crippen molar-refractivity contribution in [3.8, 4) is 5.75 Å². The van der Waals surface area contributed by atoms with Crippen molar-refractivity contribution in [3.63, 3.8) is 0 Å². The molecule has 0 amide bonds. The fourth-order valence-electron chi connectivity index (χ4n) is 2.06. The van der Waals surface area contributed by atoms with Gasteiger partial charge in [-0.15, -0.1) is 11.3 Å². The second kappa shape index (κ2) is 7.14. The summed E-state index contributed by atoms with van der Waals surface area (Å²) < 4.78 is 8.07. The van der Waals surface area contributed by atoms with Crippen LogP contribution >= 0.6 is 50.5 Å². The van der Waals surface area contributed by atoms with Gasteiger partial charge in [-0.3, -0.25) is 0 Å². The standard InChI is InChI=1S/C14H14BrCl2NOS/c1-3-19-11-5-4-8(15)6-9(11)13(18-2)10-7-12(16)20-14(10)17/h4-7,13,18H,3H2,1-2H3. The third-order valence-corrected chi connectivity index (χ3v) is 4.88. The Kier molecular flexibility index (Phi) is 5.75. The molecule has 0 aliphatic heterocycles. The van der Waals surface area contributed by atoms with E-state index < -0.39 is 0 Å². The van der Waals surface area contributed by atoms with Crippen LogP contribution in [0, 0.1) is 0 Å². The molecule has 1 atom stereocenters. The van der Waals surface area contributed by atoms with Crippen molar-refractivity contribution in [2.24, 2.45) is 0 Å². The maximum absolute atomic E-state index is 6.28. The highest BCUT2D eigenvalue weighted by Crippen LogP contribution is 2.40. The average Bonchev–Trinajstić information content (AvgIpc) is 2.73. The lowest BCUT2D eigenvalue weighted by atomic mass is 10.0. The molecule has 0 radical (unpaired) electrons. The number of rotatable bonds is 5. The van der Waals surface area contributed by atoms with Crippen LogP contribution in [0.25, 0.3) is 0 Å². The quantitative estimate of drug-likeness (QED) is 0.720. The summed E-state index contributed by atoms with van der Waals surface area (Å²) in [6, 6.07) is 7.78. The maximum Gasteiger partial charge on any atom is 0.124 e. The molecule has 6 heteroatoms. The van der Waals surface area contributed by atoms with E-state index in [1.54, 1.807) is 0 Å². The summed E-state index contributed by atoms with van der Waals surface area (Å²) in [5.74, 6) is 0.841. The first-order valence-corrected chi connectivity index (χ1v) is 8.47. The van der Waals surface area contributed by atoms with Gasteiger partial charge in [0.25, 0.3) is 0 Å². The molecular weight excluding hydrogens is 381 g/mol. The largest absolute Gasteiger partial charge is 0.494 e. The molecule has 108 valence electrons. The van der Waals surface area contributed by atoms with E-state index in [1.165, 1.54) is 11.3 Å². The maximum atomic E-state index is 6.28. The smallest absolute Gasteiger partial charge is 0.124 e. The van der Waals surface area contributed by atoms with Gasteiger partial charge in [0.15, 0.2) is 0 Å². The second-order valence-electron chi connectivity index (χ2n) is 4.12. The summed E-state index contributed by atoms with van der Waals surface area (Å²) in [5, 5.41) is 3.28.